The maximum Gasteiger partial charge on any atom is 0.234 e. The van der Waals surface area contributed by atoms with E-state index in [-0.39, 0.29) is 18.3 Å². The summed E-state index contributed by atoms with van der Waals surface area (Å²) in [6.07, 6.45) is 2.16. The van der Waals surface area contributed by atoms with Gasteiger partial charge in [0.25, 0.3) is 0 Å². The molecule has 0 spiro atoms. The molecule has 4 aromatic rings. The molecule has 0 unspecified atom stereocenters. The zero-order chi connectivity index (χ0) is 25.2. The molecule has 0 fully saturated rings. The summed E-state index contributed by atoms with van der Waals surface area (Å²) in [7, 11) is 0. The lowest BCUT2D eigenvalue weighted by atomic mass is 9.99. The van der Waals surface area contributed by atoms with E-state index in [0.29, 0.717) is 34.5 Å². The number of pyridine rings is 1. The van der Waals surface area contributed by atoms with E-state index in [0.717, 1.165) is 39.2 Å². The molecule has 2 aromatic heterocycles. The molecule has 8 heteroatoms. The van der Waals surface area contributed by atoms with Crippen molar-refractivity contribution in [1.82, 2.24) is 15.0 Å². The molecule has 0 radical (unpaired) electrons. The van der Waals surface area contributed by atoms with E-state index in [9.17, 15) is 9.90 Å². The second kappa shape index (κ2) is 10.1. The Morgan fingerprint density at radius 2 is 1.89 bits per heavy atom. The van der Waals surface area contributed by atoms with Gasteiger partial charge in [0, 0.05) is 35.0 Å². The van der Waals surface area contributed by atoms with Crippen LogP contribution in [0.1, 0.15) is 33.5 Å². The topological polar surface area (TPSA) is 97.2 Å². The highest BCUT2D eigenvalue weighted by atomic mass is 32.2. The molecule has 2 N–H and O–H groups in total. The quantitative estimate of drug-likeness (QED) is 0.239. The first kappa shape index (κ1) is 24.0. The van der Waals surface area contributed by atoms with Gasteiger partial charge in [-0.3, -0.25) is 9.78 Å². The average Bonchev–Trinajstić information content (AvgIpc) is 2.89. The van der Waals surface area contributed by atoms with Gasteiger partial charge in [-0.15, -0.1) is 0 Å². The van der Waals surface area contributed by atoms with Crippen molar-refractivity contribution in [2.45, 2.75) is 38.8 Å². The van der Waals surface area contributed by atoms with Crippen molar-refractivity contribution in [2.24, 2.45) is 0 Å². The number of ether oxygens (including phenoxy) is 1. The molecule has 7 nitrogen and oxygen atoms in total. The number of rotatable bonds is 6. The SMILES string of the molecule is Cc1ccc(C)c(NC(=O)CSc2nc(-c3ccccc3)nc3c2Cc2c(CO)cnc(C)c2O3)c1. The average molecular weight is 499 g/mol. The largest absolute Gasteiger partial charge is 0.436 e. The van der Waals surface area contributed by atoms with E-state index >= 15 is 0 Å². The van der Waals surface area contributed by atoms with E-state index in [2.05, 4.69) is 10.3 Å². The van der Waals surface area contributed by atoms with Gasteiger partial charge in [0.05, 0.1) is 23.6 Å². The van der Waals surface area contributed by atoms with Crippen LogP contribution in [-0.4, -0.2) is 31.7 Å². The Kier molecular flexibility index (Phi) is 6.71. The fraction of sp³-hybridized carbons (Fsp3) is 0.214. The summed E-state index contributed by atoms with van der Waals surface area (Å²) in [6, 6.07) is 15.7. The van der Waals surface area contributed by atoms with Crippen molar-refractivity contribution in [3.63, 3.8) is 0 Å². The van der Waals surface area contributed by atoms with Crippen molar-refractivity contribution in [3.05, 3.63) is 88.2 Å². The molecule has 1 aliphatic heterocycles. The fourth-order valence-electron chi connectivity index (χ4n) is 4.12. The van der Waals surface area contributed by atoms with Crippen molar-refractivity contribution >= 4 is 23.4 Å². The van der Waals surface area contributed by atoms with E-state index in [4.69, 9.17) is 14.7 Å². The van der Waals surface area contributed by atoms with Crippen LogP contribution in [0.25, 0.3) is 11.4 Å². The summed E-state index contributed by atoms with van der Waals surface area (Å²) >= 11 is 1.35. The summed E-state index contributed by atoms with van der Waals surface area (Å²) in [4.78, 5) is 26.8. The number of nitrogens with zero attached hydrogens (tertiary/aromatic N) is 3. The van der Waals surface area contributed by atoms with Crippen LogP contribution in [0.5, 0.6) is 11.6 Å². The third-order valence-corrected chi connectivity index (χ3v) is 7.11. The molecule has 1 aliphatic rings. The summed E-state index contributed by atoms with van der Waals surface area (Å²) in [6.45, 7) is 5.70. The minimum Gasteiger partial charge on any atom is -0.436 e. The van der Waals surface area contributed by atoms with Crippen LogP contribution in [0.4, 0.5) is 5.69 Å². The number of amides is 1. The number of aryl methyl sites for hydroxylation is 3. The van der Waals surface area contributed by atoms with Gasteiger partial charge < -0.3 is 15.2 Å². The molecule has 1 amide bonds. The van der Waals surface area contributed by atoms with Crippen LogP contribution >= 0.6 is 11.8 Å². The highest BCUT2D eigenvalue weighted by molar-refractivity contribution is 8.00. The number of aliphatic hydroxyl groups excluding tert-OH is 1. The fourth-order valence-corrected chi connectivity index (χ4v) is 4.95. The monoisotopic (exact) mass is 498 g/mol. The second-order valence-corrected chi connectivity index (χ2v) is 9.73. The highest BCUT2D eigenvalue weighted by Gasteiger charge is 2.28. The molecule has 0 saturated heterocycles. The number of benzene rings is 2. The minimum absolute atomic E-state index is 0.115. The molecule has 0 aliphatic carbocycles. The van der Waals surface area contributed by atoms with Crippen molar-refractivity contribution in [2.75, 3.05) is 11.1 Å². The summed E-state index contributed by atoms with van der Waals surface area (Å²) in [5.74, 6) is 1.67. The van der Waals surface area contributed by atoms with Gasteiger partial charge in [0.2, 0.25) is 11.8 Å². The summed E-state index contributed by atoms with van der Waals surface area (Å²) in [5.41, 5.74) is 6.86. The van der Waals surface area contributed by atoms with E-state index in [1.807, 2.05) is 69.3 Å². The smallest absolute Gasteiger partial charge is 0.234 e. The van der Waals surface area contributed by atoms with E-state index in [1.165, 1.54) is 11.8 Å². The number of carbonyl (C=O) groups excluding carboxylic acids is 1. The molecule has 36 heavy (non-hydrogen) atoms. The third kappa shape index (κ3) is 4.82. The normalized spacial score (nSPS) is 11.9. The Labute approximate surface area is 214 Å². The number of aliphatic hydroxyl groups is 1. The van der Waals surface area contributed by atoms with Crippen LogP contribution in [-0.2, 0) is 17.8 Å². The Hall–Kier alpha value is -3.75. The van der Waals surface area contributed by atoms with E-state index < -0.39 is 0 Å². The lowest BCUT2D eigenvalue weighted by Crippen LogP contribution is -2.16. The molecule has 0 atom stereocenters. The lowest BCUT2D eigenvalue weighted by Gasteiger charge is -2.24. The highest BCUT2D eigenvalue weighted by Crippen LogP contribution is 2.42. The Morgan fingerprint density at radius 3 is 2.67 bits per heavy atom. The zero-order valence-electron chi connectivity index (χ0n) is 20.3. The number of thioether (sulfide) groups is 1. The van der Waals surface area contributed by atoms with Gasteiger partial charge in [0.15, 0.2) is 11.6 Å². The minimum atomic E-state index is -0.141. The van der Waals surface area contributed by atoms with Gasteiger partial charge >= 0.3 is 0 Å². The van der Waals surface area contributed by atoms with Crippen LogP contribution < -0.4 is 10.1 Å². The first-order valence-electron chi connectivity index (χ1n) is 11.6. The number of nitrogens with one attached hydrogen (secondary N) is 1. The van der Waals surface area contributed by atoms with Crippen molar-refractivity contribution in [3.8, 4) is 23.0 Å². The second-order valence-electron chi connectivity index (χ2n) is 8.77. The Bertz CT molecular complexity index is 1460. The predicted octanol–water partition coefficient (Wildman–Crippen LogP) is 5.38. The number of anilines is 1. The number of carbonyl (C=O) groups is 1. The Morgan fingerprint density at radius 1 is 1.08 bits per heavy atom. The molecule has 182 valence electrons. The van der Waals surface area contributed by atoms with Crippen LogP contribution in [0.15, 0.2) is 59.8 Å². The molecule has 2 aromatic carbocycles. The first-order valence-corrected chi connectivity index (χ1v) is 12.6. The van der Waals surface area contributed by atoms with Gasteiger partial charge in [-0.25, -0.2) is 4.98 Å². The third-order valence-electron chi connectivity index (χ3n) is 6.10. The standard InChI is InChI=1S/C28H26N4O3S/c1-16-9-10-17(2)23(11-16)30-24(34)15-36-28-22-12-21-20(14-33)13-29-18(3)25(21)35-27(22)31-26(32-28)19-7-5-4-6-8-19/h4-11,13,33H,12,14-15H2,1-3H3,(H,30,34). The number of hydrogen-bond acceptors (Lipinski definition) is 7. The molecule has 3 heterocycles. The summed E-state index contributed by atoms with van der Waals surface area (Å²) in [5, 5.41) is 13.6. The molecule has 0 saturated carbocycles. The van der Waals surface area contributed by atoms with Crippen LogP contribution in [0.2, 0.25) is 0 Å². The number of aromatic nitrogens is 3. The van der Waals surface area contributed by atoms with Crippen molar-refractivity contribution < 1.29 is 14.6 Å². The number of fused-ring (bicyclic) bond motifs is 2. The Balaban J connectivity index is 1.48. The maximum atomic E-state index is 12.9. The molecule has 0 bridgehead atoms. The van der Waals surface area contributed by atoms with Gasteiger partial charge in [0.1, 0.15) is 5.03 Å². The van der Waals surface area contributed by atoms with Gasteiger partial charge in [-0.1, -0.05) is 54.2 Å². The van der Waals surface area contributed by atoms with Crippen molar-refractivity contribution in [1.29, 1.82) is 0 Å². The lowest BCUT2D eigenvalue weighted by molar-refractivity contribution is -0.113. The van der Waals surface area contributed by atoms with Gasteiger partial charge in [-0.05, 0) is 38.0 Å². The van der Waals surface area contributed by atoms with Crippen LogP contribution in [0.3, 0.4) is 0 Å². The molecule has 5 rings (SSSR count). The first-order chi connectivity index (χ1) is 17.4. The number of hydrogen-bond donors (Lipinski definition) is 2. The maximum absolute atomic E-state index is 12.9. The van der Waals surface area contributed by atoms with Gasteiger partial charge in [-0.2, -0.15) is 4.98 Å². The van der Waals surface area contributed by atoms with Crippen LogP contribution in [0, 0.1) is 20.8 Å². The molecular weight excluding hydrogens is 472 g/mol. The zero-order valence-corrected chi connectivity index (χ0v) is 21.1. The predicted molar refractivity (Wildman–Crippen MR) is 141 cm³/mol. The van der Waals surface area contributed by atoms with E-state index in [1.54, 1.807) is 6.20 Å². The summed E-state index contributed by atoms with van der Waals surface area (Å²) < 4.78 is 6.25. The molecular formula is C28H26N4O3S.